The van der Waals surface area contributed by atoms with Crippen molar-refractivity contribution in [2.45, 2.75) is 85.0 Å². The van der Waals surface area contributed by atoms with E-state index in [0.717, 1.165) is 43.4 Å². The van der Waals surface area contributed by atoms with Gasteiger partial charge in [-0.15, -0.1) is 11.8 Å². The SMILES string of the molecule is CC#CCC(C)C/C=C/[C@H]1CC[C@@H]2C/C(=C\CCCC(=O)OCC(=O)CC)C[C@@H]21. The number of rotatable bonds is 11. The van der Waals surface area contributed by atoms with Crippen LogP contribution in [0.1, 0.15) is 85.0 Å². The molecule has 29 heavy (non-hydrogen) atoms. The molecule has 2 aliphatic rings. The molecule has 1 unspecified atom stereocenters. The first-order valence-electron chi connectivity index (χ1n) is 11.4. The average molecular weight is 399 g/mol. The van der Waals surface area contributed by atoms with E-state index in [4.69, 9.17) is 4.74 Å². The van der Waals surface area contributed by atoms with Crippen molar-refractivity contribution in [2.24, 2.45) is 23.7 Å². The Bertz CT molecular complexity index is 661. The number of carbonyl (C=O) groups is 2. The minimum Gasteiger partial charge on any atom is -0.458 e. The van der Waals surface area contributed by atoms with Crippen LogP contribution in [0.5, 0.6) is 0 Å². The Kier molecular flexibility index (Phi) is 10.3. The Hall–Kier alpha value is -1.82. The molecule has 0 bridgehead atoms. The van der Waals surface area contributed by atoms with E-state index in [0.29, 0.717) is 18.8 Å². The Morgan fingerprint density at radius 3 is 2.86 bits per heavy atom. The lowest BCUT2D eigenvalue weighted by atomic mass is 9.91. The van der Waals surface area contributed by atoms with Crippen LogP contribution in [0.4, 0.5) is 0 Å². The lowest BCUT2D eigenvalue weighted by molar-refractivity contribution is -0.147. The fourth-order valence-electron chi connectivity index (χ4n) is 4.62. The molecule has 3 nitrogen and oxygen atoms in total. The molecule has 0 saturated heterocycles. The van der Waals surface area contributed by atoms with Crippen molar-refractivity contribution in [3.63, 3.8) is 0 Å². The first-order valence-corrected chi connectivity index (χ1v) is 11.4. The topological polar surface area (TPSA) is 43.4 Å². The average Bonchev–Trinajstić information content (AvgIpc) is 3.28. The molecule has 0 N–H and O–H groups in total. The normalized spacial score (nSPS) is 25.6. The third-order valence-electron chi connectivity index (χ3n) is 6.40. The van der Waals surface area contributed by atoms with Gasteiger partial charge in [0.15, 0.2) is 5.78 Å². The predicted octanol–water partition coefficient (Wildman–Crippen LogP) is 6.04. The highest BCUT2D eigenvalue weighted by atomic mass is 16.5. The summed E-state index contributed by atoms with van der Waals surface area (Å²) < 4.78 is 4.99. The Morgan fingerprint density at radius 2 is 2.10 bits per heavy atom. The minimum absolute atomic E-state index is 0.0225. The van der Waals surface area contributed by atoms with Crippen molar-refractivity contribution in [1.82, 2.24) is 0 Å². The van der Waals surface area contributed by atoms with E-state index >= 15 is 0 Å². The first-order chi connectivity index (χ1) is 14.0. The molecule has 0 aromatic rings. The van der Waals surface area contributed by atoms with Crippen LogP contribution in [0, 0.1) is 35.5 Å². The predicted molar refractivity (Wildman–Crippen MR) is 118 cm³/mol. The summed E-state index contributed by atoms with van der Waals surface area (Å²) in [6.45, 7) is 5.90. The van der Waals surface area contributed by atoms with E-state index in [1.165, 1.54) is 25.7 Å². The zero-order valence-electron chi connectivity index (χ0n) is 18.5. The van der Waals surface area contributed by atoms with Crippen molar-refractivity contribution in [1.29, 1.82) is 0 Å². The number of Topliss-reactive ketones (excluding diaryl/α,β-unsaturated/α-hetero) is 1. The summed E-state index contributed by atoms with van der Waals surface area (Å²) in [6.07, 6.45) is 17.1. The van der Waals surface area contributed by atoms with Crippen LogP contribution >= 0.6 is 0 Å². The second-order valence-electron chi connectivity index (χ2n) is 8.78. The zero-order chi connectivity index (χ0) is 21.1. The van der Waals surface area contributed by atoms with Gasteiger partial charge in [-0.25, -0.2) is 0 Å². The van der Waals surface area contributed by atoms with E-state index < -0.39 is 0 Å². The van der Waals surface area contributed by atoms with Crippen molar-refractivity contribution in [3.05, 3.63) is 23.8 Å². The van der Waals surface area contributed by atoms with E-state index in [-0.39, 0.29) is 18.4 Å². The van der Waals surface area contributed by atoms with Crippen LogP contribution in [0.3, 0.4) is 0 Å². The Labute approximate surface area is 177 Å². The Morgan fingerprint density at radius 1 is 1.28 bits per heavy atom. The number of hydrogen-bond donors (Lipinski definition) is 0. The van der Waals surface area contributed by atoms with Crippen LogP contribution in [-0.2, 0) is 14.3 Å². The van der Waals surface area contributed by atoms with E-state index in [1.54, 1.807) is 12.5 Å². The van der Waals surface area contributed by atoms with Gasteiger partial charge in [0.1, 0.15) is 6.61 Å². The van der Waals surface area contributed by atoms with Crippen LogP contribution in [0.2, 0.25) is 0 Å². The molecule has 2 aliphatic carbocycles. The number of fused-ring (bicyclic) bond motifs is 1. The van der Waals surface area contributed by atoms with Crippen LogP contribution in [0.25, 0.3) is 0 Å². The number of unbranched alkanes of at least 4 members (excludes halogenated alkanes) is 1. The van der Waals surface area contributed by atoms with Crippen LogP contribution in [0.15, 0.2) is 23.8 Å². The molecule has 0 radical (unpaired) electrons. The van der Waals surface area contributed by atoms with Gasteiger partial charge >= 0.3 is 5.97 Å². The molecule has 4 atom stereocenters. The highest BCUT2D eigenvalue weighted by Crippen LogP contribution is 2.50. The van der Waals surface area contributed by atoms with Gasteiger partial charge < -0.3 is 4.74 Å². The fraction of sp³-hybridized carbons (Fsp3) is 0.692. The maximum atomic E-state index is 11.7. The van der Waals surface area contributed by atoms with Crippen LogP contribution < -0.4 is 0 Å². The molecular weight excluding hydrogens is 360 g/mol. The lowest BCUT2D eigenvalue weighted by Gasteiger charge is -2.14. The summed E-state index contributed by atoms with van der Waals surface area (Å²) in [5.74, 6) is 8.93. The van der Waals surface area contributed by atoms with Gasteiger partial charge in [0.2, 0.25) is 0 Å². The summed E-state index contributed by atoms with van der Waals surface area (Å²) in [7, 11) is 0. The quantitative estimate of drug-likeness (QED) is 0.184. The van der Waals surface area contributed by atoms with E-state index in [1.807, 2.05) is 6.92 Å². The number of ether oxygens (including phenoxy) is 1. The highest BCUT2D eigenvalue weighted by molar-refractivity contribution is 5.82. The van der Waals surface area contributed by atoms with Gasteiger partial charge in [0.25, 0.3) is 0 Å². The molecule has 0 aliphatic heterocycles. The first kappa shape index (κ1) is 23.5. The molecule has 160 valence electrons. The number of ketones is 1. The minimum atomic E-state index is -0.252. The maximum Gasteiger partial charge on any atom is 0.306 e. The number of allylic oxidation sites excluding steroid dienone is 4. The largest absolute Gasteiger partial charge is 0.458 e. The van der Waals surface area contributed by atoms with Crippen molar-refractivity contribution in [2.75, 3.05) is 6.61 Å². The second-order valence-corrected chi connectivity index (χ2v) is 8.78. The third-order valence-corrected chi connectivity index (χ3v) is 6.40. The molecule has 2 fully saturated rings. The summed E-state index contributed by atoms with van der Waals surface area (Å²) in [4.78, 5) is 22.8. The standard InChI is InChI=1S/C26H38O3/c1-4-6-10-20(3)11-9-13-22-15-16-23-17-21(18-25(22)23)12-7-8-14-26(28)29-19-24(27)5-2/h9,12-13,20,22-23,25H,5,7-8,10-11,14-19H2,1-3H3/b13-9+,21-12+/t20?,22-,23+,25+/m0/s1. The molecule has 2 saturated carbocycles. The third kappa shape index (κ3) is 8.21. The summed E-state index contributed by atoms with van der Waals surface area (Å²) >= 11 is 0. The van der Waals surface area contributed by atoms with Gasteiger partial charge in [0, 0.05) is 19.3 Å². The highest BCUT2D eigenvalue weighted by Gasteiger charge is 2.39. The number of carbonyl (C=O) groups excluding carboxylic acids is 2. The molecule has 2 rings (SSSR count). The van der Waals surface area contributed by atoms with Gasteiger partial charge in [-0.05, 0) is 75.5 Å². The smallest absolute Gasteiger partial charge is 0.306 e. The Balaban J connectivity index is 1.68. The molecule has 3 heteroatoms. The molecule has 0 aromatic carbocycles. The van der Waals surface area contributed by atoms with Crippen LogP contribution in [-0.4, -0.2) is 18.4 Å². The summed E-state index contributed by atoms with van der Waals surface area (Å²) in [5.41, 5.74) is 1.58. The summed E-state index contributed by atoms with van der Waals surface area (Å²) in [5, 5.41) is 0. The summed E-state index contributed by atoms with van der Waals surface area (Å²) in [6, 6.07) is 0. The molecule has 0 aromatic heterocycles. The van der Waals surface area contributed by atoms with Gasteiger partial charge in [-0.2, -0.15) is 0 Å². The number of esters is 1. The van der Waals surface area contributed by atoms with E-state index in [9.17, 15) is 9.59 Å². The van der Waals surface area contributed by atoms with Crippen molar-refractivity contribution >= 4 is 11.8 Å². The lowest BCUT2D eigenvalue weighted by Crippen LogP contribution is -2.12. The fourth-order valence-corrected chi connectivity index (χ4v) is 4.62. The molecular formula is C26H38O3. The molecule has 0 spiro atoms. The second kappa shape index (κ2) is 12.7. The number of hydrogen-bond acceptors (Lipinski definition) is 3. The van der Waals surface area contributed by atoms with Gasteiger partial charge in [-0.1, -0.05) is 37.6 Å². The zero-order valence-corrected chi connectivity index (χ0v) is 18.5. The van der Waals surface area contributed by atoms with Crippen molar-refractivity contribution < 1.29 is 14.3 Å². The van der Waals surface area contributed by atoms with Crippen molar-refractivity contribution in [3.8, 4) is 11.8 Å². The maximum absolute atomic E-state index is 11.7. The van der Waals surface area contributed by atoms with Gasteiger partial charge in [-0.3, -0.25) is 9.59 Å². The molecule has 0 amide bonds. The molecule has 0 heterocycles. The van der Waals surface area contributed by atoms with Gasteiger partial charge in [0.05, 0.1) is 0 Å². The monoisotopic (exact) mass is 398 g/mol. The van der Waals surface area contributed by atoms with E-state index in [2.05, 4.69) is 37.0 Å².